The van der Waals surface area contributed by atoms with Crippen LogP contribution < -0.4 is 5.32 Å². The number of aryl methyl sites for hydroxylation is 4. The van der Waals surface area contributed by atoms with Crippen molar-refractivity contribution in [2.45, 2.75) is 33.7 Å². The van der Waals surface area contributed by atoms with Crippen molar-refractivity contribution >= 4 is 22.9 Å². The van der Waals surface area contributed by atoms with E-state index in [2.05, 4.69) is 28.6 Å². The molecule has 0 atom stereocenters. The molecule has 6 heteroatoms. The number of benzene rings is 1. The first kappa shape index (κ1) is 16.4. The van der Waals surface area contributed by atoms with Crippen LogP contribution in [0.4, 0.5) is 5.69 Å². The number of hydrogen-bond donors (Lipinski definition) is 1. The van der Waals surface area contributed by atoms with E-state index < -0.39 is 0 Å². The minimum atomic E-state index is -0.0203. The number of anilines is 1. The topological polar surface area (TPSA) is 59.8 Å². The van der Waals surface area contributed by atoms with Gasteiger partial charge in [0.05, 0.1) is 17.6 Å². The Morgan fingerprint density at radius 2 is 2.04 bits per heavy atom. The van der Waals surface area contributed by atoms with E-state index in [0.29, 0.717) is 13.0 Å². The Morgan fingerprint density at radius 1 is 1.21 bits per heavy atom. The number of nitrogens with zero attached hydrogens (tertiary/aromatic N) is 3. The molecule has 0 saturated carbocycles. The van der Waals surface area contributed by atoms with E-state index in [1.54, 1.807) is 16.0 Å². The van der Waals surface area contributed by atoms with Crippen LogP contribution in [-0.2, 0) is 11.3 Å². The average molecular weight is 340 g/mol. The van der Waals surface area contributed by atoms with Crippen LogP contribution in [0.5, 0.6) is 0 Å². The summed E-state index contributed by atoms with van der Waals surface area (Å²) >= 11 is 1.65. The van der Waals surface area contributed by atoms with E-state index in [4.69, 9.17) is 0 Å². The van der Waals surface area contributed by atoms with Crippen molar-refractivity contribution in [2.75, 3.05) is 5.32 Å². The SMILES string of the molecule is Cc1ccc(C)c(NC(=O)CCn2cc(-c3sccc3C)nn2)c1. The zero-order chi connectivity index (χ0) is 17.1. The lowest BCUT2D eigenvalue weighted by Gasteiger charge is -2.09. The first-order valence-corrected chi connectivity index (χ1v) is 8.72. The van der Waals surface area contributed by atoms with Crippen LogP contribution in [0.2, 0.25) is 0 Å². The predicted molar refractivity (Wildman–Crippen MR) is 97.2 cm³/mol. The lowest BCUT2D eigenvalue weighted by atomic mass is 10.1. The minimum absolute atomic E-state index is 0.0203. The highest BCUT2D eigenvalue weighted by Crippen LogP contribution is 2.26. The van der Waals surface area contributed by atoms with Gasteiger partial charge in [-0.2, -0.15) is 0 Å². The first-order chi connectivity index (χ1) is 11.5. The molecular weight excluding hydrogens is 320 g/mol. The van der Waals surface area contributed by atoms with Gasteiger partial charge in [0, 0.05) is 12.1 Å². The van der Waals surface area contributed by atoms with Gasteiger partial charge in [0.1, 0.15) is 5.69 Å². The van der Waals surface area contributed by atoms with Crippen molar-refractivity contribution in [3.63, 3.8) is 0 Å². The van der Waals surface area contributed by atoms with E-state index in [9.17, 15) is 4.79 Å². The summed E-state index contributed by atoms with van der Waals surface area (Å²) in [6.45, 7) is 6.57. The molecule has 0 spiro atoms. The normalized spacial score (nSPS) is 10.8. The molecule has 0 unspecified atom stereocenters. The van der Waals surface area contributed by atoms with E-state index in [-0.39, 0.29) is 5.91 Å². The van der Waals surface area contributed by atoms with E-state index in [1.807, 2.05) is 43.6 Å². The lowest BCUT2D eigenvalue weighted by Crippen LogP contribution is -2.15. The number of amides is 1. The predicted octanol–water partition coefficient (Wildman–Crippen LogP) is 3.96. The van der Waals surface area contributed by atoms with Crippen LogP contribution in [-0.4, -0.2) is 20.9 Å². The molecule has 0 radical (unpaired) electrons. The Hall–Kier alpha value is -2.47. The summed E-state index contributed by atoms with van der Waals surface area (Å²) in [5, 5.41) is 13.3. The number of hydrogen-bond acceptors (Lipinski definition) is 4. The quantitative estimate of drug-likeness (QED) is 0.765. The van der Waals surface area contributed by atoms with Gasteiger partial charge < -0.3 is 5.32 Å². The smallest absolute Gasteiger partial charge is 0.226 e. The maximum atomic E-state index is 12.2. The van der Waals surface area contributed by atoms with Crippen LogP contribution in [0.3, 0.4) is 0 Å². The van der Waals surface area contributed by atoms with Crippen LogP contribution in [0.1, 0.15) is 23.1 Å². The fourth-order valence-corrected chi connectivity index (χ4v) is 3.32. The van der Waals surface area contributed by atoms with Gasteiger partial charge in [0.2, 0.25) is 5.91 Å². The molecule has 124 valence electrons. The highest BCUT2D eigenvalue weighted by atomic mass is 32.1. The fraction of sp³-hybridized carbons (Fsp3) is 0.278. The summed E-state index contributed by atoms with van der Waals surface area (Å²) in [4.78, 5) is 13.3. The van der Waals surface area contributed by atoms with Gasteiger partial charge >= 0.3 is 0 Å². The van der Waals surface area contributed by atoms with Crippen molar-refractivity contribution in [3.8, 4) is 10.6 Å². The second-order valence-electron chi connectivity index (χ2n) is 5.92. The number of aromatic nitrogens is 3. The standard InChI is InChI=1S/C18H20N4OS/c1-12-4-5-13(2)15(10-12)19-17(23)6-8-22-11-16(20-21-22)18-14(3)7-9-24-18/h4-5,7,9-11H,6,8H2,1-3H3,(H,19,23). The Bertz CT molecular complexity index is 866. The highest BCUT2D eigenvalue weighted by molar-refractivity contribution is 7.13. The van der Waals surface area contributed by atoms with Gasteiger partial charge in [0.25, 0.3) is 0 Å². The molecule has 1 aromatic carbocycles. The molecule has 3 aromatic rings. The van der Waals surface area contributed by atoms with Crippen molar-refractivity contribution < 1.29 is 4.79 Å². The van der Waals surface area contributed by atoms with Crippen molar-refractivity contribution in [1.82, 2.24) is 15.0 Å². The van der Waals surface area contributed by atoms with E-state index >= 15 is 0 Å². The highest BCUT2D eigenvalue weighted by Gasteiger charge is 2.10. The number of rotatable bonds is 5. The molecule has 0 aliphatic carbocycles. The molecule has 1 N–H and O–H groups in total. The Kier molecular flexibility index (Phi) is 4.76. The summed E-state index contributed by atoms with van der Waals surface area (Å²) in [6.07, 6.45) is 2.25. The summed E-state index contributed by atoms with van der Waals surface area (Å²) in [5.74, 6) is -0.0203. The number of nitrogens with one attached hydrogen (secondary N) is 1. The van der Waals surface area contributed by atoms with Crippen molar-refractivity contribution in [2.24, 2.45) is 0 Å². The van der Waals surface area contributed by atoms with Gasteiger partial charge in [0.15, 0.2) is 0 Å². The summed E-state index contributed by atoms with van der Waals surface area (Å²) in [6, 6.07) is 8.10. The van der Waals surface area contributed by atoms with Gasteiger partial charge in [-0.05, 0) is 55.0 Å². The third kappa shape index (κ3) is 3.71. The maximum Gasteiger partial charge on any atom is 0.226 e. The minimum Gasteiger partial charge on any atom is -0.326 e. The molecule has 24 heavy (non-hydrogen) atoms. The lowest BCUT2D eigenvalue weighted by molar-refractivity contribution is -0.116. The molecule has 1 amide bonds. The molecule has 2 aromatic heterocycles. The molecule has 0 fully saturated rings. The zero-order valence-corrected chi connectivity index (χ0v) is 14.9. The molecule has 0 aliphatic rings. The Morgan fingerprint density at radius 3 is 2.79 bits per heavy atom. The maximum absolute atomic E-state index is 12.2. The number of carbonyl (C=O) groups is 1. The average Bonchev–Trinajstić information content (AvgIpc) is 3.17. The number of carbonyl (C=O) groups excluding carboxylic acids is 1. The van der Waals surface area contributed by atoms with Gasteiger partial charge in [-0.3, -0.25) is 9.48 Å². The van der Waals surface area contributed by atoms with E-state index in [1.165, 1.54) is 5.56 Å². The van der Waals surface area contributed by atoms with Crippen LogP contribution >= 0.6 is 11.3 Å². The largest absolute Gasteiger partial charge is 0.326 e. The van der Waals surface area contributed by atoms with Gasteiger partial charge in [-0.1, -0.05) is 17.3 Å². The first-order valence-electron chi connectivity index (χ1n) is 7.84. The molecular formula is C18H20N4OS. The molecule has 0 bridgehead atoms. The molecule has 0 aliphatic heterocycles. The summed E-state index contributed by atoms with van der Waals surface area (Å²) < 4.78 is 1.72. The van der Waals surface area contributed by atoms with E-state index in [0.717, 1.165) is 27.4 Å². The van der Waals surface area contributed by atoms with Gasteiger partial charge in [-0.25, -0.2) is 0 Å². The Labute approximate surface area is 145 Å². The van der Waals surface area contributed by atoms with Crippen LogP contribution in [0.25, 0.3) is 10.6 Å². The summed E-state index contributed by atoms with van der Waals surface area (Å²) in [5.41, 5.74) is 5.11. The molecule has 0 saturated heterocycles. The zero-order valence-electron chi connectivity index (χ0n) is 14.0. The second kappa shape index (κ2) is 6.97. The Balaban J connectivity index is 1.60. The summed E-state index contributed by atoms with van der Waals surface area (Å²) in [7, 11) is 0. The van der Waals surface area contributed by atoms with Crippen LogP contribution in [0.15, 0.2) is 35.8 Å². The van der Waals surface area contributed by atoms with Gasteiger partial charge in [-0.15, -0.1) is 16.4 Å². The molecule has 2 heterocycles. The third-order valence-corrected chi connectivity index (χ3v) is 4.91. The molecule has 5 nitrogen and oxygen atoms in total. The van der Waals surface area contributed by atoms with Crippen molar-refractivity contribution in [1.29, 1.82) is 0 Å². The monoisotopic (exact) mass is 340 g/mol. The number of thiophene rings is 1. The molecule has 3 rings (SSSR count). The van der Waals surface area contributed by atoms with Crippen molar-refractivity contribution in [3.05, 3.63) is 52.5 Å². The third-order valence-electron chi connectivity index (χ3n) is 3.87. The second-order valence-corrected chi connectivity index (χ2v) is 6.83. The van der Waals surface area contributed by atoms with Crippen LogP contribution in [0, 0.1) is 20.8 Å². The fourth-order valence-electron chi connectivity index (χ4n) is 2.45.